The average Bonchev–Trinajstić information content (AvgIpc) is 3.20. The minimum absolute atomic E-state index is 0.00756. The zero-order chi connectivity index (χ0) is 25.4. The van der Waals surface area contributed by atoms with Crippen molar-refractivity contribution in [2.75, 3.05) is 23.9 Å². The molecule has 0 saturated carbocycles. The number of fused-ring (bicyclic) bond motifs is 4. The number of rotatable bonds is 6. The number of carbonyl (C=O) groups is 4. The molecule has 1 saturated heterocycles. The number of methoxy groups -OCH3 is 1. The Balaban J connectivity index is 1.31. The van der Waals surface area contributed by atoms with Crippen molar-refractivity contribution in [3.8, 4) is 0 Å². The van der Waals surface area contributed by atoms with Gasteiger partial charge in [0.1, 0.15) is 5.66 Å². The van der Waals surface area contributed by atoms with E-state index in [1.807, 2.05) is 43.3 Å². The quantitative estimate of drug-likeness (QED) is 0.524. The van der Waals surface area contributed by atoms with Gasteiger partial charge in [0.2, 0.25) is 11.8 Å². The van der Waals surface area contributed by atoms with Crippen LogP contribution in [0.4, 0.5) is 11.4 Å². The van der Waals surface area contributed by atoms with Crippen LogP contribution in [0, 0.1) is 0 Å². The molecule has 1 fully saturated rings. The van der Waals surface area contributed by atoms with E-state index in [9.17, 15) is 19.2 Å². The molecule has 5 rings (SSSR count). The van der Waals surface area contributed by atoms with Crippen LogP contribution < -0.4 is 10.2 Å². The first-order valence-corrected chi connectivity index (χ1v) is 12.0. The number of ether oxygens (including phenoxy) is 1. The van der Waals surface area contributed by atoms with Gasteiger partial charge in [-0.15, -0.1) is 0 Å². The lowest BCUT2D eigenvalue weighted by Gasteiger charge is -2.48. The first-order valence-electron chi connectivity index (χ1n) is 12.0. The van der Waals surface area contributed by atoms with Gasteiger partial charge in [-0.2, -0.15) is 0 Å². The SMILES string of the molecule is COC(=O)c1cc2ccccc2cc1NC(=O)CCCN1C(=O)c2ccccc2N2C(=O)CCC12C. The molecule has 3 amide bonds. The van der Waals surface area contributed by atoms with Crippen molar-refractivity contribution in [2.45, 2.75) is 38.3 Å². The van der Waals surface area contributed by atoms with E-state index in [1.165, 1.54) is 7.11 Å². The summed E-state index contributed by atoms with van der Waals surface area (Å²) in [5.41, 5.74) is 1.05. The number of esters is 1. The standard InChI is InChI=1S/C28H27N3O5/c1-28-14-13-25(33)31(28)23-11-6-5-10-20(23)26(34)30(28)15-7-12-24(32)29-22-17-19-9-4-3-8-18(19)16-21(22)27(35)36-2/h3-6,8-11,16-17H,7,12-15H2,1-2H3,(H,29,32). The van der Waals surface area contributed by atoms with Crippen molar-refractivity contribution in [3.63, 3.8) is 0 Å². The summed E-state index contributed by atoms with van der Waals surface area (Å²) in [7, 11) is 1.30. The molecule has 3 aromatic carbocycles. The minimum atomic E-state index is -0.755. The van der Waals surface area contributed by atoms with Crippen LogP contribution in [0.3, 0.4) is 0 Å². The Labute approximate surface area is 208 Å². The molecular formula is C28H27N3O5. The van der Waals surface area contributed by atoms with Gasteiger partial charge in [-0.3, -0.25) is 19.3 Å². The van der Waals surface area contributed by atoms with E-state index in [0.717, 1.165) is 10.8 Å². The van der Waals surface area contributed by atoms with Crippen LogP contribution in [0.5, 0.6) is 0 Å². The summed E-state index contributed by atoms with van der Waals surface area (Å²) in [4.78, 5) is 54.7. The van der Waals surface area contributed by atoms with E-state index in [1.54, 1.807) is 34.1 Å². The molecule has 2 heterocycles. The van der Waals surface area contributed by atoms with Crippen molar-refractivity contribution in [1.82, 2.24) is 4.90 Å². The van der Waals surface area contributed by atoms with Crippen molar-refractivity contribution >= 4 is 45.8 Å². The van der Waals surface area contributed by atoms with Gasteiger partial charge in [-0.05, 0) is 54.8 Å². The Morgan fingerprint density at radius 1 is 1.03 bits per heavy atom. The minimum Gasteiger partial charge on any atom is -0.465 e. The highest BCUT2D eigenvalue weighted by atomic mass is 16.5. The molecule has 0 spiro atoms. The van der Waals surface area contributed by atoms with Gasteiger partial charge in [0, 0.05) is 19.4 Å². The summed E-state index contributed by atoms with van der Waals surface area (Å²) in [5, 5.41) is 4.59. The van der Waals surface area contributed by atoms with Gasteiger partial charge in [0.05, 0.1) is 29.6 Å². The van der Waals surface area contributed by atoms with E-state index in [2.05, 4.69) is 5.32 Å². The molecule has 8 nitrogen and oxygen atoms in total. The number of hydrogen-bond donors (Lipinski definition) is 1. The van der Waals surface area contributed by atoms with Crippen LogP contribution in [0.1, 0.15) is 53.3 Å². The van der Waals surface area contributed by atoms with E-state index < -0.39 is 11.6 Å². The Bertz CT molecular complexity index is 1400. The normalized spacial score (nSPS) is 18.7. The molecule has 1 N–H and O–H groups in total. The van der Waals surface area contributed by atoms with Crippen LogP contribution in [-0.4, -0.2) is 47.9 Å². The fraction of sp³-hybridized carbons (Fsp3) is 0.286. The third-order valence-corrected chi connectivity index (χ3v) is 7.10. The number of amides is 3. The lowest BCUT2D eigenvalue weighted by molar-refractivity contribution is -0.118. The molecular weight excluding hydrogens is 458 g/mol. The van der Waals surface area contributed by atoms with Crippen molar-refractivity contribution < 1.29 is 23.9 Å². The highest BCUT2D eigenvalue weighted by Crippen LogP contribution is 2.44. The topological polar surface area (TPSA) is 96.0 Å². The highest BCUT2D eigenvalue weighted by molar-refractivity contribution is 6.10. The smallest absolute Gasteiger partial charge is 0.339 e. The maximum atomic E-state index is 13.4. The molecule has 3 aromatic rings. The summed E-state index contributed by atoms with van der Waals surface area (Å²) in [6.07, 6.45) is 1.45. The van der Waals surface area contributed by atoms with Gasteiger partial charge in [0.15, 0.2) is 0 Å². The number of hydrogen-bond acceptors (Lipinski definition) is 5. The second-order valence-corrected chi connectivity index (χ2v) is 9.31. The monoisotopic (exact) mass is 485 g/mol. The molecule has 2 aliphatic heterocycles. The third kappa shape index (κ3) is 3.88. The number of benzene rings is 3. The van der Waals surface area contributed by atoms with Gasteiger partial charge in [0.25, 0.3) is 5.91 Å². The number of carbonyl (C=O) groups excluding carboxylic acids is 4. The second kappa shape index (κ2) is 9.11. The summed E-state index contributed by atoms with van der Waals surface area (Å²) < 4.78 is 4.90. The zero-order valence-electron chi connectivity index (χ0n) is 20.2. The van der Waals surface area contributed by atoms with E-state index >= 15 is 0 Å². The molecule has 0 aliphatic carbocycles. The second-order valence-electron chi connectivity index (χ2n) is 9.31. The van der Waals surface area contributed by atoms with Crippen LogP contribution in [0.2, 0.25) is 0 Å². The first-order chi connectivity index (χ1) is 17.3. The van der Waals surface area contributed by atoms with Gasteiger partial charge in [-0.25, -0.2) is 4.79 Å². The van der Waals surface area contributed by atoms with E-state index in [-0.39, 0.29) is 29.7 Å². The Hall–Kier alpha value is -4.20. The zero-order valence-corrected chi connectivity index (χ0v) is 20.2. The highest BCUT2D eigenvalue weighted by Gasteiger charge is 2.52. The summed E-state index contributed by atoms with van der Waals surface area (Å²) in [5.74, 6) is -0.953. The van der Waals surface area contributed by atoms with Crippen LogP contribution in [0.25, 0.3) is 10.8 Å². The average molecular weight is 486 g/mol. The van der Waals surface area contributed by atoms with Crippen molar-refractivity contribution in [1.29, 1.82) is 0 Å². The molecule has 2 aliphatic rings. The van der Waals surface area contributed by atoms with E-state index in [4.69, 9.17) is 4.74 Å². The van der Waals surface area contributed by atoms with Crippen LogP contribution in [0.15, 0.2) is 60.7 Å². The molecule has 184 valence electrons. The molecule has 0 bridgehead atoms. The number of para-hydroxylation sites is 1. The van der Waals surface area contributed by atoms with Gasteiger partial charge in [-0.1, -0.05) is 36.4 Å². The van der Waals surface area contributed by atoms with Crippen LogP contribution >= 0.6 is 0 Å². The fourth-order valence-electron chi connectivity index (χ4n) is 5.27. The lowest BCUT2D eigenvalue weighted by atomic mass is 9.98. The Morgan fingerprint density at radius 2 is 1.72 bits per heavy atom. The molecule has 1 atom stereocenters. The maximum Gasteiger partial charge on any atom is 0.339 e. The lowest BCUT2D eigenvalue weighted by Crippen LogP contribution is -2.62. The molecule has 1 unspecified atom stereocenters. The molecule has 8 heteroatoms. The summed E-state index contributed by atoms with van der Waals surface area (Å²) >= 11 is 0. The Morgan fingerprint density at radius 3 is 2.47 bits per heavy atom. The predicted molar refractivity (Wildman–Crippen MR) is 136 cm³/mol. The summed E-state index contributed by atoms with van der Waals surface area (Å²) in [6, 6.07) is 18.2. The third-order valence-electron chi connectivity index (χ3n) is 7.10. The predicted octanol–water partition coefficient (Wildman–Crippen LogP) is 4.34. The molecule has 36 heavy (non-hydrogen) atoms. The largest absolute Gasteiger partial charge is 0.465 e. The van der Waals surface area contributed by atoms with Crippen molar-refractivity contribution in [3.05, 3.63) is 71.8 Å². The van der Waals surface area contributed by atoms with Gasteiger partial charge >= 0.3 is 5.97 Å². The Kier molecular flexibility index (Phi) is 5.96. The van der Waals surface area contributed by atoms with Gasteiger partial charge < -0.3 is 15.0 Å². The summed E-state index contributed by atoms with van der Waals surface area (Å²) in [6.45, 7) is 2.23. The van der Waals surface area contributed by atoms with Crippen LogP contribution in [-0.2, 0) is 14.3 Å². The number of anilines is 2. The number of nitrogens with zero attached hydrogens (tertiary/aromatic N) is 2. The van der Waals surface area contributed by atoms with E-state index in [0.29, 0.717) is 42.7 Å². The molecule has 0 aromatic heterocycles. The van der Waals surface area contributed by atoms with Crippen molar-refractivity contribution in [2.24, 2.45) is 0 Å². The maximum absolute atomic E-state index is 13.4. The number of nitrogens with one attached hydrogen (secondary N) is 1. The molecule has 0 radical (unpaired) electrons. The fourth-order valence-corrected chi connectivity index (χ4v) is 5.27. The first kappa shape index (κ1) is 23.5.